The number of aryl methyl sites for hydroxylation is 1. The summed E-state index contributed by atoms with van der Waals surface area (Å²) in [5.74, 6) is -0.320. The van der Waals surface area contributed by atoms with E-state index in [4.69, 9.17) is 5.73 Å². The van der Waals surface area contributed by atoms with Gasteiger partial charge in [-0.1, -0.05) is 40.0 Å². The molecule has 5 heteroatoms. The van der Waals surface area contributed by atoms with Crippen LogP contribution in [-0.2, 0) is 17.3 Å². The first kappa shape index (κ1) is 16.0. The molecule has 1 amide bonds. The van der Waals surface area contributed by atoms with Crippen molar-refractivity contribution in [3.63, 3.8) is 0 Å². The number of primary amides is 1. The maximum absolute atomic E-state index is 12.0. The van der Waals surface area contributed by atoms with Crippen LogP contribution in [0.2, 0.25) is 0 Å². The number of hydrogen-bond donors (Lipinski definition) is 2. The second-order valence-electron chi connectivity index (χ2n) is 7.19. The minimum absolute atomic E-state index is 0.113. The van der Waals surface area contributed by atoms with Gasteiger partial charge in [-0.15, -0.1) is 0 Å². The monoisotopic (exact) mass is 292 g/mol. The Kier molecular flexibility index (Phi) is 4.71. The summed E-state index contributed by atoms with van der Waals surface area (Å²) < 4.78 is 1.77. The van der Waals surface area contributed by atoms with Crippen LogP contribution in [0.15, 0.2) is 6.20 Å². The molecule has 1 aliphatic rings. The van der Waals surface area contributed by atoms with E-state index in [-0.39, 0.29) is 11.3 Å². The molecule has 0 bridgehead atoms. The van der Waals surface area contributed by atoms with Gasteiger partial charge in [0, 0.05) is 30.3 Å². The molecule has 3 N–H and O–H groups in total. The van der Waals surface area contributed by atoms with E-state index in [0.29, 0.717) is 6.04 Å². The molecule has 1 atom stereocenters. The van der Waals surface area contributed by atoms with Crippen molar-refractivity contribution < 1.29 is 4.79 Å². The first-order valence-electron chi connectivity index (χ1n) is 7.88. The molecule has 1 unspecified atom stereocenters. The van der Waals surface area contributed by atoms with Crippen LogP contribution in [0.4, 0.5) is 0 Å². The van der Waals surface area contributed by atoms with Gasteiger partial charge in [0.15, 0.2) is 0 Å². The highest BCUT2D eigenvalue weighted by atomic mass is 16.1. The zero-order chi connectivity index (χ0) is 15.6. The van der Waals surface area contributed by atoms with Crippen LogP contribution in [0.3, 0.4) is 0 Å². The summed E-state index contributed by atoms with van der Waals surface area (Å²) in [4.78, 5) is 12.0. The summed E-state index contributed by atoms with van der Waals surface area (Å²) in [5, 5.41) is 8.02. The Morgan fingerprint density at radius 3 is 2.52 bits per heavy atom. The zero-order valence-corrected chi connectivity index (χ0v) is 13.6. The third-order valence-electron chi connectivity index (χ3n) is 4.17. The third-order valence-corrected chi connectivity index (χ3v) is 4.17. The largest absolute Gasteiger partial charge is 0.368 e. The van der Waals surface area contributed by atoms with Crippen molar-refractivity contribution in [3.8, 4) is 0 Å². The molecular formula is C16H28N4O. The Bertz CT molecular complexity index is 495. The van der Waals surface area contributed by atoms with Crippen molar-refractivity contribution in [1.82, 2.24) is 15.1 Å². The number of amides is 1. The average Bonchev–Trinajstić information content (AvgIpc) is 2.78. The number of rotatable bonds is 4. The van der Waals surface area contributed by atoms with Crippen molar-refractivity contribution in [2.45, 2.75) is 70.4 Å². The smallest absolute Gasteiger partial charge is 0.239 e. The third kappa shape index (κ3) is 3.84. The maximum Gasteiger partial charge on any atom is 0.239 e. The van der Waals surface area contributed by atoms with Gasteiger partial charge in [-0.05, 0) is 12.8 Å². The van der Waals surface area contributed by atoms with Gasteiger partial charge in [0.2, 0.25) is 5.91 Å². The summed E-state index contributed by atoms with van der Waals surface area (Å²) in [7, 11) is 1.89. The number of carbonyl (C=O) groups is 1. The zero-order valence-electron chi connectivity index (χ0n) is 13.6. The van der Waals surface area contributed by atoms with E-state index < -0.39 is 6.04 Å². The average molecular weight is 292 g/mol. The molecule has 1 heterocycles. The van der Waals surface area contributed by atoms with Gasteiger partial charge in [0.05, 0.1) is 5.69 Å². The van der Waals surface area contributed by atoms with E-state index >= 15 is 0 Å². The molecule has 0 saturated heterocycles. The molecule has 0 radical (unpaired) electrons. The lowest BCUT2D eigenvalue weighted by molar-refractivity contribution is -0.120. The second kappa shape index (κ2) is 6.18. The number of nitrogens with zero attached hydrogens (tertiary/aromatic N) is 2. The van der Waals surface area contributed by atoms with Crippen LogP contribution in [0.5, 0.6) is 0 Å². The lowest BCUT2D eigenvalue weighted by atomic mass is 9.86. The van der Waals surface area contributed by atoms with Crippen molar-refractivity contribution in [1.29, 1.82) is 0 Å². The van der Waals surface area contributed by atoms with E-state index in [2.05, 4.69) is 31.2 Å². The molecule has 0 spiro atoms. The van der Waals surface area contributed by atoms with Crippen LogP contribution in [0, 0.1) is 0 Å². The Hall–Kier alpha value is -1.36. The summed E-state index contributed by atoms with van der Waals surface area (Å²) in [5.41, 5.74) is 7.42. The molecule has 1 fully saturated rings. The van der Waals surface area contributed by atoms with Gasteiger partial charge in [-0.3, -0.25) is 14.8 Å². The SMILES string of the molecule is Cn1cc(C(NC2CCCCC2)C(N)=O)c(C(C)(C)C)n1. The van der Waals surface area contributed by atoms with E-state index in [1.807, 2.05) is 13.2 Å². The molecule has 118 valence electrons. The molecular weight excluding hydrogens is 264 g/mol. The molecule has 0 aromatic carbocycles. The normalized spacial score (nSPS) is 18.7. The van der Waals surface area contributed by atoms with Crippen molar-refractivity contribution >= 4 is 5.91 Å². The molecule has 1 aliphatic carbocycles. The Balaban J connectivity index is 2.27. The molecule has 1 aromatic heterocycles. The molecule has 1 saturated carbocycles. The molecule has 5 nitrogen and oxygen atoms in total. The number of carbonyl (C=O) groups excluding carboxylic acids is 1. The van der Waals surface area contributed by atoms with Crippen LogP contribution in [-0.4, -0.2) is 21.7 Å². The van der Waals surface area contributed by atoms with E-state index in [1.54, 1.807) is 4.68 Å². The van der Waals surface area contributed by atoms with Crippen LogP contribution < -0.4 is 11.1 Å². The second-order valence-corrected chi connectivity index (χ2v) is 7.19. The number of nitrogens with one attached hydrogen (secondary N) is 1. The van der Waals surface area contributed by atoms with E-state index in [9.17, 15) is 4.79 Å². The van der Waals surface area contributed by atoms with E-state index in [1.165, 1.54) is 19.3 Å². The lowest BCUT2D eigenvalue weighted by Crippen LogP contribution is -2.41. The summed E-state index contributed by atoms with van der Waals surface area (Å²) in [6, 6.07) is -0.0692. The summed E-state index contributed by atoms with van der Waals surface area (Å²) in [6.07, 6.45) is 7.90. The Morgan fingerprint density at radius 1 is 1.38 bits per heavy atom. The summed E-state index contributed by atoms with van der Waals surface area (Å²) >= 11 is 0. The quantitative estimate of drug-likeness (QED) is 0.893. The van der Waals surface area contributed by atoms with Crippen molar-refractivity contribution in [3.05, 3.63) is 17.5 Å². The fraction of sp³-hybridized carbons (Fsp3) is 0.750. The van der Waals surface area contributed by atoms with Crippen LogP contribution >= 0.6 is 0 Å². The number of nitrogens with two attached hydrogens (primary N) is 1. The van der Waals surface area contributed by atoms with Gasteiger partial charge in [0.25, 0.3) is 0 Å². The number of hydrogen-bond acceptors (Lipinski definition) is 3. The fourth-order valence-electron chi connectivity index (χ4n) is 3.13. The predicted molar refractivity (Wildman–Crippen MR) is 83.9 cm³/mol. The Morgan fingerprint density at radius 2 is 2.00 bits per heavy atom. The van der Waals surface area contributed by atoms with Gasteiger partial charge in [0.1, 0.15) is 6.04 Å². The van der Waals surface area contributed by atoms with Gasteiger partial charge in [-0.25, -0.2) is 0 Å². The first-order valence-corrected chi connectivity index (χ1v) is 7.88. The highest BCUT2D eigenvalue weighted by Gasteiger charge is 2.31. The van der Waals surface area contributed by atoms with Crippen LogP contribution in [0.25, 0.3) is 0 Å². The number of aromatic nitrogens is 2. The molecule has 2 rings (SSSR count). The summed E-state index contributed by atoms with van der Waals surface area (Å²) in [6.45, 7) is 6.33. The van der Waals surface area contributed by atoms with Gasteiger partial charge < -0.3 is 5.73 Å². The topological polar surface area (TPSA) is 72.9 Å². The predicted octanol–water partition coefficient (Wildman–Crippen LogP) is 2.17. The molecule has 0 aliphatic heterocycles. The maximum atomic E-state index is 12.0. The molecule has 21 heavy (non-hydrogen) atoms. The standard InChI is InChI=1S/C16H28N4O/c1-16(2,3)14-12(10-20(4)19-14)13(15(17)21)18-11-8-6-5-7-9-11/h10-11,13,18H,5-9H2,1-4H3,(H2,17,21). The Labute approximate surface area is 127 Å². The van der Waals surface area contributed by atoms with E-state index in [0.717, 1.165) is 24.1 Å². The minimum Gasteiger partial charge on any atom is -0.368 e. The minimum atomic E-state index is -0.448. The van der Waals surface area contributed by atoms with Crippen LogP contribution in [0.1, 0.15) is 70.2 Å². The van der Waals surface area contributed by atoms with Crippen molar-refractivity contribution in [2.24, 2.45) is 12.8 Å². The lowest BCUT2D eigenvalue weighted by Gasteiger charge is -2.28. The fourth-order valence-corrected chi connectivity index (χ4v) is 3.13. The van der Waals surface area contributed by atoms with Gasteiger partial charge >= 0.3 is 0 Å². The highest BCUT2D eigenvalue weighted by Crippen LogP contribution is 2.29. The molecule has 1 aromatic rings. The van der Waals surface area contributed by atoms with Gasteiger partial charge in [-0.2, -0.15) is 5.10 Å². The van der Waals surface area contributed by atoms with Crippen molar-refractivity contribution in [2.75, 3.05) is 0 Å². The first-order chi connectivity index (χ1) is 9.79. The highest BCUT2D eigenvalue weighted by molar-refractivity contribution is 5.81.